The fourth-order valence-corrected chi connectivity index (χ4v) is 4.44. The Bertz CT molecular complexity index is 992. The summed E-state index contributed by atoms with van der Waals surface area (Å²) in [6.07, 6.45) is 1.82. The lowest BCUT2D eigenvalue weighted by molar-refractivity contribution is -0.121. The van der Waals surface area contributed by atoms with E-state index in [4.69, 9.17) is 31.2 Å². The molecule has 8 heteroatoms. The first kappa shape index (κ1) is 24.1. The van der Waals surface area contributed by atoms with Crippen molar-refractivity contribution in [2.75, 3.05) is 40.1 Å². The number of carbonyl (C=O) groups is 1. The quantitative estimate of drug-likeness (QED) is 0.266. The number of hydrogen-bond donors (Lipinski definition) is 0. The molecule has 1 saturated heterocycles. The van der Waals surface area contributed by atoms with Gasteiger partial charge in [-0.25, -0.2) is 0 Å². The zero-order valence-corrected chi connectivity index (χ0v) is 20.1. The number of para-hydroxylation sites is 1. The van der Waals surface area contributed by atoms with E-state index >= 15 is 0 Å². The molecule has 6 nitrogen and oxygen atoms in total. The fraction of sp³-hybridized carbons (Fsp3) is 0.333. The van der Waals surface area contributed by atoms with Gasteiger partial charge in [0.1, 0.15) is 23.3 Å². The second-order valence-electron chi connectivity index (χ2n) is 6.91. The number of aryl methyl sites for hydroxylation is 1. The summed E-state index contributed by atoms with van der Waals surface area (Å²) in [4.78, 5) is 14.6. The Labute approximate surface area is 198 Å². The van der Waals surface area contributed by atoms with Gasteiger partial charge in [-0.3, -0.25) is 9.69 Å². The van der Waals surface area contributed by atoms with Crippen LogP contribution in [0, 0.1) is 6.92 Å². The van der Waals surface area contributed by atoms with Crippen LogP contribution in [0.25, 0.3) is 6.08 Å². The van der Waals surface area contributed by atoms with E-state index < -0.39 is 0 Å². The third-order valence-corrected chi connectivity index (χ3v) is 6.12. The van der Waals surface area contributed by atoms with Gasteiger partial charge in [-0.05, 0) is 49.2 Å². The van der Waals surface area contributed by atoms with Gasteiger partial charge in [0.05, 0.1) is 25.2 Å². The lowest BCUT2D eigenvalue weighted by Gasteiger charge is -2.12. The number of carbonyl (C=O) groups excluding carboxylic acids is 1. The fourth-order valence-electron chi connectivity index (χ4n) is 3.06. The Morgan fingerprint density at radius 2 is 1.72 bits per heavy atom. The molecule has 1 aliphatic rings. The van der Waals surface area contributed by atoms with Crippen LogP contribution in [0.5, 0.6) is 17.2 Å². The molecule has 0 saturated carbocycles. The molecule has 0 aromatic heterocycles. The van der Waals surface area contributed by atoms with Gasteiger partial charge in [-0.15, -0.1) is 0 Å². The minimum atomic E-state index is -0.0645. The first-order chi connectivity index (χ1) is 15.5. The summed E-state index contributed by atoms with van der Waals surface area (Å²) in [5, 5.41) is 0. The lowest BCUT2D eigenvalue weighted by Crippen LogP contribution is -2.27. The first-order valence-corrected chi connectivity index (χ1v) is 11.6. The maximum atomic E-state index is 12.4. The minimum absolute atomic E-state index is 0.0645. The van der Waals surface area contributed by atoms with E-state index in [-0.39, 0.29) is 5.91 Å². The number of benzene rings is 2. The third-order valence-electron chi connectivity index (χ3n) is 4.74. The second kappa shape index (κ2) is 11.9. The highest BCUT2D eigenvalue weighted by Crippen LogP contribution is 2.34. The van der Waals surface area contributed by atoms with Crippen molar-refractivity contribution in [1.29, 1.82) is 0 Å². The van der Waals surface area contributed by atoms with Gasteiger partial charge in [0.15, 0.2) is 11.5 Å². The zero-order chi connectivity index (χ0) is 22.9. The van der Waals surface area contributed by atoms with Crippen molar-refractivity contribution in [3.05, 3.63) is 58.5 Å². The molecule has 0 N–H and O–H groups in total. The number of nitrogens with zero attached hydrogens (tertiary/aromatic N) is 1. The molecule has 1 amide bonds. The van der Waals surface area contributed by atoms with E-state index in [0.29, 0.717) is 53.7 Å². The Hall–Kier alpha value is -2.55. The van der Waals surface area contributed by atoms with Crippen molar-refractivity contribution in [1.82, 2.24) is 4.90 Å². The predicted molar refractivity (Wildman–Crippen MR) is 132 cm³/mol. The van der Waals surface area contributed by atoms with Gasteiger partial charge in [-0.2, -0.15) is 0 Å². The molecule has 1 aliphatic heterocycles. The number of amides is 1. The number of hydrogen-bond acceptors (Lipinski definition) is 7. The monoisotopic (exact) mass is 473 g/mol. The smallest absolute Gasteiger partial charge is 0.266 e. The molecule has 2 aromatic carbocycles. The van der Waals surface area contributed by atoms with Crippen LogP contribution in [-0.4, -0.2) is 55.2 Å². The summed E-state index contributed by atoms with van der Waals surface area (Å²) >= 11 is 6.57. The molecule has 170 valence electrons. The summed E-state index contributed by atoms with van der Waals surface area (Å²) in [6, 6.07) is 13.4. The van der Waals surface area contributed by atoms with E-state index in [1.165, 1.54) is 11.8 Å². The Kier molecular flexibility index (Phi) is 8.96. The van der Waals surface area contributed by atoms with E-state index in [1.807, 2.05) is 62.4 Å². The molecule has 0 radical (unpaired) electrons. The first-order valence-electron chi connectivity index (χ1n) is 10.4. The zero-order valence-electron chi connectivity index (χ0n) is 18.5. The summed E-state index contributed by atoms with van der Waals surface area (Å²) < 4.78 is 23.1. The van der Waals surface area contributed by atoms with E-state index in [9.17, 15) is 4.79 Å². The minimum Gasteiger partial charge on any atom is -0.493 e. The number of methoxy groups -OCH3 is 1. The molecule has 0 spiro atoms. The molecule has 0 aliphatic carbocycles. The third kappa shape index (κ3) is 6.25. The molecular formula is C24H27NO5S2. The Balaban J connectivity index is 1.46. The van der Waals surface area contributed by atoms with Crippen molar-refractivity contribution in [2.24, 2.45) is 0 Å². The predicted octanol–water partition coefficient (Wildman–Crippen LogP) is 4.70. The number of thioether (sulfide) groups is 1. The summed E-state index contributed by atoms with van der Waals surface area (Å²) in [7, 11) is 1.59. The van der Waals surface area contributed by atoms with Gasteiger partial charge in [0.2, 0.25) is 0 Å². The molecule has 1 fully saturated rings. The van der Waals surface area contributed by atoms with Gasteiger partial charge >= 0.3 is 0 Å². The second-order valence-corrected chi connectivity index (χ2v) is 8.59. The van der Waals surface area contributed by atoms with Gasteiger partial charge < -0.3 is 18.9 Å². The van der Waals surface area contributed by atoms with Crippen LogP contribution in [0.2, 0.25) is 0 Å². The van der Waals surface area contributed by atoms with E-state index in [1.54, 1.807) is 12.0 Å². The average Bonchev–Trinajstić information content (AvgIpc) is 3.06. The Morgan fingerprint density at radius 3 is 2.38 bits per heavy atom. The van der Waals surface area contributed by atoms with Crippen molar-refractivity contribution in [3.8, 4) is 17.2 Å². The van der Waals surface area contributed by atoms with Gasteiger partial charge in [-0.1, -0.05) is 48.2 Å². The SMILES string of the molecule is CCN1C(=O)/C(=C\c2ccc(OCCOCCOc3ccccc3C)c(OC)c2)SC1=S. The maximum absolute atomic E-state index is 12.4. The molecule has 0 atom stereocenters. The van der Waals surface area contributed by atoms with Crippen molar-refractivity contribution < 1.29 is 23.7 Å². The van der Waals surface area contributed by atoms with Gasteiger partial charge in [0.25, 0.3) is 5.91 Å². The Morgan fingerprint density at radius 1 is 1.00 bits per heavy atom. The molecule has 3 rings (SSSR count). The molecule has 32 heavy (non-hydrogen) atoms. The highest BCUT2D eigenvalue weighted by Gasteiger charge is 2.30. The van der Waals surface area contributed by atoms with Crippen molar-refractivity contribution in [3.63, 3.8) is 0 Å². The van der Waals surface area contributed by atoms with E-state index in [0.717, 1.165) is 16.9 Å². The highest BCUT2D eigenvalue weighted by atomic mass is 32.2. The highest BCUT2D eigenvalue weighted by molar-refractivity contribution is 8.26. The number of ether oxygens (including phenoxy) is 4. The molecule has 2 aromatic rings. The number of rotatable bonds is 11. The lowest BCUT2D eigenvalue weighted by atomic mass is 10.2. The molecule has 0 unspecified atom stereocenters. The van der Waals surface area contributed by atoms with Crippen LogP contribution in [0.4, 0.5) is 0 Å². The van der Waals surface area contributed by atoms with Gasteiger partial charge in [0, 0.05) is 6.54 Å². The van der Waals surface area contributed by atoms with Crippen LogP contribution < -0.4 is 14.2 Å². The number of likely N-dealkylation sites (N-methyl/N-ethyl adjacent to an activating group) is 1. The van der Waals surface area contributed by atoms with E-state index in [2.05, 4.69) is 0 Å². The largest absolute Gasteiger partial charge is 0.493 e. The van der Waals surface area contributed by atoms with Crippen LogP contribution in [-0.2, 0) is 9.53 Å². The molecule has 0 bridgehead atoms. The van der Waals surface area contributed by atoms with Crippen LogP contribution >= 0.6 is 24.0 Å². The van der Waals surface area contributed by atoms with Crippen molar-refractivity contribution in [2.45, 2.75) is 13.8 Å². The van der Waals surface area contributed by atoms with Crippen LogP contribution in [0.1, 0.15) is 18.1 Å². The molecular weight excluding hydrogens is 446 g/mol. The summed E-state index contributed by atoms with van der Waals surface area (Å²) in [5.74, 6) is 2.01. The summed E-state index contributed by atoms with van der Waals surface area (Å²) in [6.45, 7) is 6.26. The standard InChI is InChI=1S/C24H27NO5S2/c1-4-25-23(26)22(32-24(25)31)16-18-9-10-20(21(15-18)27-3)30-14-12-28-11-13-29-19-8-6-5-7-17(19)2/h5-10,15-16H,4,11-14H2,1-3H3/b22-16+. The topological polar surface area (TPSA) is 57.2 Å². The van der Waals surface area contributed by atoms with Crippen LogP contribution in [0.15, 0.2) is 47.4 Å². The molecule has 1 heterocycles. The maximum Gasteiger partial charge on any atom is 0.266 e. The van der Waals surface area contributed by atoms with Crippen LogP contribution in [0.3, 0.4) is 0 Å². The number of thiocarbonyl (C=S) groups is 1. The van der Waals surface area contributed by atoms with Crippen molar-refractivity contribution >= 4 is 40.3 Å². The summed E-state index contributed by atoms with van der Waals surface area (Å²) in [5.41, 5.74) is 1.94. The average molecular weight is 474 g/mol. The normalized spacial score (nSPS) is 14.8.